The van der Waals surface area contributed by atoms with Crippen molar-refractivity contribution >= 4 is 0 Å². The fraction of sp³-hybridized carbons (Fsp3) is 0.762. The monoisotopic (exact) mass is 303 g/mol. The molecule has 0 saturated heterocycles. The Bertz CT molecular complexity index is 404. The Hall–Kier alpha value is -0.850. The summed E-state index contributed by atoms with van der Waals surface area (Å²) in [6, 6.07) is 4.65. The van der Waals surface area contributed by atoms with E-state index in [1.54, 1.807) is 0 Å². The molecule has 1 heterocycles. The maximum absolute atomic E-state index is 4.57. The molecule has 1 aromatic rings. The van der Waals surface area contributed by atoms with Crippen LogP contribution in [0, 0.1) is 13.8 Å². The van der Waals surface area contributed by atoms with Crippen molar-refractivity contribution in [1.82, 2.24) is 4.98 Å². The van der Waals surface area contributed by atoms with E-state index in [0.717, 1.165) is 0 Å². The molecule has 0 N–H and O–H groups in total. The Kier molecular flexibility index (Phi) is 8.75. The summed E-state index contributed by atoms with van der Waals surface area (Å²) in [7, 11) is 0. The molecule has 0 radical (unpaired) electrons. The van der Waals surface area contributed by atoms with Gasteiger partial charge < -0.3 is 0 Å². The van der Waals surface area contributed by atoms with Gasteiger partial charge in [0.2, 0.25) is 0 Å². The molecule has 1 aromatic heterocycles. The van der Waals surface area contributed by atoms with Gasteiger partial charge >= 0.3 is 0 Å². The maximum atomic E-state index is 4.57. The molecule has 0 aliphatic carbocycles. The molecule has 0 aromatic carbocycles. The van der Waals surface area contributed by atoms with Gasteiger partial charge in [-0.15, -0.1) is 0 Å². The van der Waals surface area contributed by atoms with E-state index in [9.17, 15) is 0 Å². The molecule has 0 aliphatic heterocycles. The van der Waals surface area contributed by atoms with E-state index in [4.69, 9.17) is 0 Å². The normalized spacial score (nSPS) is 14.0. The molecule has 126 valence electrons. The third kappa shape index (κ3) is 6.50. The summed E-state index contributed by atoms with van der Waals surface area (Å²) in [5, 5.41) is 0. The molecule has 1 heteroatoms. The first-order valence-corrected chi connectivity index (χ1v) is 9.47. The Morgan fingerprint density at radius 1 is 0.773 bits per heavy atom. The van der Waals surface area contributed by atoms with Crippen molar-refractivity contribution in [2.24, 2.45) is 0 Å². The fourth-order valence-electron chi connectivity index (χ4n) is 3.48. The van der Waals surface area contributed by atoms with Crippen LogP contribution in [0.5, 0.6) is 0 Å². The predicted molar refractivity (Wildman–Crippen MR) is 98.6 cm³/mol. The van der Waals surface area contributed by atoms with Gasteiger partial charge in [-0.25, -0.2) is 0 Å². The molecule has 1 atom stereocenters. The number of rotatable bonds is 11. The minimum absolute atomic E-state index is 0.333. The van der Waals surface area contributed by atoms with Crippen LogP contribution in [0.15, 0.2) is 12.1 Å². The molecule has 1 rings (SSSR count). The van der Waals surface area contributed by atoms with E-state index >= 15 is 0 Å². The second-order valence-corrected chi connectivity index (χ2v) is 7.32. The van der Waals surface area contributed by atoms with Crippen LogP contribution in [0.25, 0.3) is 0 Å². The van der Waals surface area contributed by atoms with Gasteiger partial charge in [0.05, 0.1) is 0 Å². The lowest BCUT2D eigenvalue weighted by Gasteiger charge is -2.31. The molecule has 0 aliphatic rings. The number of nitrogens with zero attached hydrogens (tertiary/aromatic N) is 1. The second kappa shape index (κ2) is 10.0. The second-order valence-electron chi connectivity index (χ2n) is 7.32. The Morgan fingerprint density at radius 3 is 1.77 bits per heavy atom. The van der Waals surface area contributed by atoms with Crippen molar-refractivity contribution in [3.8, 4) is 0 Å². The van der Waals surface area contributed by atoms with E-state index in [-0.39, 0.29) is 0 Å². The van der Waals surface area contributed by atoms with Crippen LogP contribution < -0.4 is 0 Å². The van der Waals surface area contributed by atoms with Crippen molar-refractivity contribution in [2.75, 3.05) is 0 Å². The van der Waals surface area contributed by atoms with E-state index in [2.05, 4.69) is 51.7 Å². The molecule has 0 spiro atoms. The van der Waals surface area contributed by atoms with Gasteiger partial charge in [0.25, 0.3) is 0 Å². The molecule has 1 nitrogen and oxygen atoms in total. The summed E-state index contributed by atoms with van der Waals surface area (Å²) in [4.78, 5) is 4.57. The Labute approximate surface area is 138 Å². The predicted octanol–water partition coefficient (Wildman–Crippen LogP) is 6.90. The summed E-state index contributed by atoms with van der Waals surface area (Å²) >= 11 is 0. The van der Waals surface area contributed by atoms with Gasteiger partial charge in [0, 0.05) is 11.4 Å². The van der Waals surface area contributed by atoms with E-state index in [1.165, 1.54) is 81.2 Å². The van der Waals surface area contributed by atoms with Crippen molar-refractivity contribution < 1.29 is 0 Å². The Morgan fingerprint density at radius 2 is 1.23 bits per heavy atom. The first kappa shape index (κ1) is 19.2. The molecule has 0 bridgehead atoms. The van der Waals surface area contributed by atoms with Crippen LogP contribution in [0.2, 0.25) is 0 Å². The van der Waals surface area contributed by atoms with Crippen LogP contribution in [0.3, 0.4) is 0 Å². The van der Waals surface area contributed by atoms with Crippen molar-refractivity contribution in [1.29, 1.82) is 0 Å². The lowest BCUT2D eigenvalue weighted by molar-refractivity contribution is 0.364. The largest absolute Gasteiger partial charge is 0.258 e. The first-order valence-electron chi connectivity index (χ1n) is 9.47. The van der Waals surface area contributed by atoms with Gasteiger partial charge in [0.15, 0.2) is 0 Å². The van der Waals surface area contributed by atoms with Gasteiger partial charge in [-0.1, -0.05) is 72.1 Å². The lowest BCUT2D eigenvalue weighted by Crippen LogP contribution is -2.22. The SMILES string of the molecule is CCCCCCCC(C)(CCCCC)c1cc(C)nc(C)c1. The Balaban J connectivity index is 2.76. The highest BCUT2D eigenvalue weighted by molar-refractivity contribution is 5.28. The van der Waals surface area contributed by atoms with Crippen molar-refractivity contribution in [2.45, 2.75) is 104 Å². The third-order valence-corrected chi connectivity index (χ3v) is 4.94. The average Bonchev–Trinajstić information content (AvgIpc) is 2.46. The average molecular weight is 304 g/mol. The molecular weight excluding hydrogens is 266 g/mol. The third-order valence-electron chi connectivity index (χ3n) is 4.94. The summed E-state index contributed by atoms with van der Waals surface area (Å²) in [6.45, 7) is 11.3. The molecular formula is C21H37N. The summed E-state index contributed by atoms with van der Waals surface area (Å²) in [6.07, 6.45) is 13.5. The van der Waals surface area contributed by atoms with Gasteiger partial charge in [-0.3, -0.25) is 4.98 Å². The van der Waals surface area contributed by atoms with Crippen molar-refractivity contribution in [3.63, 3.8) is 0 Å². The molecule has 22 heavy (non-hydrogen) atoms. The van der Waals surface area contributed by atoms with Crippen LogP contribution in [0.1, 0.15) is 102 Å². The van der Waals surface area contributed by atoms with Crippen LogP contribution >= 0.6 is 0 Å². The highest BCUT2D eigenvalue weighted by atomic mass is 14.7. The summed E-state index contributed by atoms with van der Waals surface area (Å²) < 4.78 is 0. The lowest BCUT2D eigenvalue weighted by atomic mass is 9.74. The standard InChI is InChI=1S/C21H37N/c1-6-8-10-11-13-15-21(5,14-12-9-7-2)20-16-18(3)22-19(4)17-20/h16-17H,6-15H2,1-5H3. The van der Waals surface area contributed by atoms with Crippen LogP contribution in [0.4, 0.5) is 0 Å². The van der Waals surface area contributed by atoms with Crippen LogP contribution in [-0.4, -0.2) is 4.98 Å². The molecule has 0 amide bonds. The highest BCUT2D eigenvalue weighted by Crippen LogP contribution is 2.36. The number of aromatic nitrogens is 1. The minimum atomic E-state index is 0.333. The number of pyridine rings is 1. The zero-order valence-corrected chi connectivity index (χ0v) is 15.7. The smallest absolute Gasteiger partial charge is 0.0378 e. The molecule has 0 saturated carbocycles. The minimum Gasteiger partial charge on any atom is -0.258 e. The zero-order valence-electron chi connectivity index (χ0n) is 15.7. The maximum Gasteiger partial charge on any atom is 0.0378 e. The quantitative estimate of drug-likeness (QED) is 0.405. The van der Waals surface area contributed by atoms with Crippen LogP contribution in [-0.2, 0) is 5.41 Å². The topological polar surface area (TPSA) is 12.9 Å². The summed E-state index contributed by atoms with van der Waals surface area (Å²) in [5.41, 5.74) is 4.19. The fourth-order valence-corrected chi connectivity index (χ4v) is 3.48. The number of hydrogen-bond donors (Lipinski definition) is 0. The van der Waals surface area contributed by atoms with Gasteiger partial charge in [0.1, 0.15) is 0 Å². The summed E-state index contributed by atoms with van der Waals surface area (Å²) in [5.74, 6) is 0. The highest BCUT2D eigenvalue weighted by Gasteiger charge is 2.26. The molecule has 0 fully saturated rings. The van der Waals surface area contributed by atoms with Gasteiger partial charge in [-0.05, 0) is 49.8 Å². The first-order chi connectivity index (χ1) is 10.5. The van der Waals surface area contributed by atoms with E-state index in [1.807, 2.05) is 0 Å². The number of unbranched alkanes of at least 4 members (excludes halogenated alkanes) is 6. The zero-order chi connectivity index (χ0) is 16.4. The van der Waals surface area contributed by atoms with E-state index < -0.39 is 0 Å². The number of hydrogen-bond acceptors (Lipinski definition) is 1. The molecule has 1 unspecified atom stereocenters. The number of aryl methyl sites for hydroxylation is 2. The van der Waals surface area contributed by atoms with Crippen molar-refractivity contribution in [3.05, 3.63) is 29.1 Å². The van der Waals surface area contributed by atoms with Gasteiger partial charge in [-0.2, -0.15) is 0 Å². The van der Waals surface area contributed by atoms with E-state index in [0.29, 0.717) is 5.41 Å².